The van der Waals surface area contributed by atoms with Crippen LogP contribution in [0.4, 0.5) is 0 Å². The van der Waals surface area contributed by atoms with Crippen molar-refractivity contribution in [3.63, 3.8) is 0 Å². The first-order valence-electron chi connectivity index (χ1n) is 8.24. The van der Waals surface area contributed by atoms with Crippen molar-refractivity contribution in [2.24, 2.45) is 0 Å². The molecule has 7 heteroatoms. The Hall–Kier alpha value is -2.70. The Labute approximate surface area is 146 Å². The summed E-state index contributed by atoms with van der Waals surface area (Å²) in [7, 11) is 0. The molecule has 1 aromatic carbocycles. The number of nitrogens with zero attached hydrogens (tertiary/aromatic N) is 2. The van der Waals surface area contributed by atoms with Gasteiger partial charge in [-0.05, 0) is 31.0 Å². The molecule has 25 heavy (non-hydrogen) atoms. The number of rotatable bonds is 6. The Balaban J connectivity index is 1.88. The minimum Gasteiger partial charge on any atom is -0.481 e. The van der Waals surface area contributed by atoms with Crippen LogP contribution in [0.2, 0.25) is 0 Å². The van der Waals surface area contributed by atoms with E-state index >= 15 is 0 Å². The SMILES string of the molecule is CC(=O)CCc1ccc(C(=O)N2CCN(C(=O)CC(=O)O)CC2)cc1. The maximum Gasteiger partial charge on any atom is 0.312 e. The number of hydrogen-bond donors (Lipinski definition) is 1. The van der Waals surface area contributed by atoms with Crippen molar-refractivity contribution in [2.75, 3.05) is 26.2 Å². The molecule has 0 aliphatic carbocycles. The molecule has 7 nitrogen and oxygen atoms in total. The van der Waals surface area contributed by atoms with Gasteiger partial charge in [0.1, 0.15) is 12.2 Å². The van der Waals surface area contributed by atoms with Crippen molar-refractivity contribution in [1.82, 2.24) is 9.80 Å². The number of piperazine rings is 1. The van der Waals surface area contributed by atoms with Gasteiger partial charge in [0.25, 0.3) is 5.91 Å². The molecular weight excluding hydrogens is 324 g/mol. The van der Waals surface area contributed by atoms with E-state index in [4.69, 9.17) is 5.11 Å². The van der Waals surface area contributed by atoms with E-state index in [0.717, 1.165) is 5.56 Å². The molecule has 0 atom stereocenters. The molecule has 0 saturated carbocycles. The van der Waals surface area contributed by atoms with Gasteiger partial charge in [-0.1, -0.05) is 12.1 Å². The monoisotopic (exact) mass is 346 g/mol. The van der Waals surface area contributed by atoms with E-state index in [9.17, 15) is 19.2 Å². The van der Waals surface area contributed by atoms with Gasteiger partial charge in [0.2, 0.25) is 5.91 Å². The summed E-state index contributed by atoms with van der Waals surface area (Å²) in [5.74, 6) is -1.54. The largest absolute Gasteiger partial charge is 0.481 e. The lowest BCUT2D eigenvalue weighted by atomic mass is 10.1. The third kappa shape index (κ3) is 5.41. The second kappa shape index (κ2) is 8.41. The highest BCUT2D eigenvalue weighted by Crippen LogP contribution is 2.12. The molecule has 1 aromatic rings. The van der Waals surface area contributed by atoms with Crippen LogP contribution in [0, 0.1) is 0 Å². The third-order valence-electron chi connectivity index (χ3n) is 4.19. The molecule has 2 amide bonds. The second-order valence-corrected chi connectivity index (χ2v) is 6.14. The van der Waals surface area contributed by atoms with Gasteiger partial charge in [-0.3, -0.25) is 14.4 Å². The summed E-state index contributed by atoms with van der Waals surface area (Å²) in [6.45, 7) is 3.01. The standard InChI is InChI=1S/C18H22N2O5/c1-13(21)2-3-14-4-6-15(7-5-14)18(25)20-10-8-19(9-11-20)16(22)12-17(23)24/h4-7H,2-3,8-12H2,1H3,(H,23,24). The first-order chi connectivity index (χ1) is 11.9. The molecule has 1 fully saturated rings. The zero-order valence-electron chi connectivity index (χ0n) is 14.2. The average Bonchev–Trinajstić information content (AvgIpc) is 2.59. The summed E-state index contributed by atoms with van der Waals surface area (Å²) >= 11 is 0. The van der Waals surface area contributed by atoms with E-state index in [0.29, 0.717) is 44.6 Å². The first-order valence-corrected chi connectivity index (χ1v) is 8.24. The minimum absolute atomic E-state index is 0.108. The van der Waals surface area contributed by atoms with Gasteiger partial charge in [0.15, 0.2) is 0 Å². The Bertz CT molecular complexity index is 661. The van der Waals surface area contributed by atoms with Gasteiger partial charge in [-0.2, -0.15) is 0 Å². The Morgan fingerprint density at radius 3 is 2.04 bits per heavy atom. The smallest absolute Gasteiger partial charge is 0.312 e. The number of ketones is 1. The highest BCUT2D eigenvalue weighted by atomic mass is 16.4. The van der Waals surface area contributed by atoms with E-state index in [1.54, 1.807) is 24.0 Å². The Kier molecular flexibility index (Phi) is 6.27. The molecule has 1 aliphatic rings. The maximum atomic E-state index is 12.5. The van der Waals surface area contributed by atoms with E-state index in [1.807, 2.05) is 12.1 Å². The molecular formula is C18H22N2O5. The number of carbonyl (C=O) groups excluding carboxylic acids is 3. The number of aliphatic carboxylic acids is 1. The molecule has 2 rings (SSSR count). The zero-order chi connectivity index (χ0) is 18.4. The van der Waals surface area contributed by atoms with Crippen molar-refractivity contribution >= 4 is 23.6 Å². The molecule has 1 saturated heterocycles. The van der Waals surface area contributed by atoms with Crippen LogP contribution >= 0.6 is 0 Å². The van der Waals surface area contributed by atoms with Crippen molar-refractivity contribution in [1.29, 1.82) is 0 Å². The fraction of sp³-hybridized carbons (Fsp3) is 0.444. The van der Waals surface area contributed by atoms with Gasteiger partial charge < -0.3 is 19.7 Å². The summed E-state index contributed by atoms with van der Waals surface area (Å²) in [6.07, 6.45) is 0.628. The number of aryl methyl sites for hydroxylation is 1. The summed E-state index contributed by atoms with van der Waals surface area (Å²) in [6, 6.07) is 7.20. The molecule has 0 aromatic heterocycles. The van der Waals surface area contributed by atoms with E-state index in [2.05, 4.69) is 0 Å². The van der Waals surface area contributed by atoms with Crippen LogP contribution in [0.25, 0.3) is 0 Å². The maximum absolute atomic E-state index is 12.5. The molecule has 0 unspecified atom stereocenters. The molecule has 1 aliphatic heterocycles. The summed E-state index contributed by atoms with van der Waals surface area (Å²) < 4.78 is 0. The molecule has 0 radical (unpaired) electrons. The van der Waals surface area contributed by atoms with Crippen LogP contribution in [0.15, 0.2) is 24.3 Å². The predicted octanol–water partition coefficient (Wildman–Crippen LogP) is 0.967. The van der Waals surface area contributed by atoms with Gasteiger partial charge in [0, 0.05) is 38.2 Å². The summed E-state index contributed by atoms with van der Waals surface area (Å²) in [4.78, 5) is 49.0. The fourth-order valence-corrected chi connectivity index (χ4v) is 2.72. The number of carboxylic acid groups (broad SMARTS) is 1. The number of carboxylic acids is 1. The second-order valence-electron chi connectivity index (χ2n) is 6.14. The Morgan fingerprint density at radius 2 is 1.52 bits per heavy atom. The summed E-state index contributed by atoms with van der Waals surface area (Å²) in [5, 5.41) is 8.66. The van der Waals surface area contributed by atoms with E-state index in [-0.39, 0.29) is 11.7 Å². The first kappa shape index (κ1) is 18.6. The van der Waals surface area contributed by atoms with Crippen molar-refractivity contribution in [3.8, 4) is 0 Å². The van der Waals surface area contributed by atoms with Crippen LogP contribution in [0.1, 0.15) is 35.7 Å². The lowest BCUT2D eigenvalue weighted by Crippen LogP contribution is -2.50. The summed E-state index contributed by atoms with van der Waals surface area (Å²) in [5.41, 5.74) is 1.58. The number of benzene rings is 1. The third-order valence-corrected chi connectivity index (χ3v) is 4.19. The van der Waals surface area contributed by atoms with E-state index in [1.165, 1.54) is 4.90 Å². The van der Waals surface area contributed by atoms with E-state index < -0.39 is 18.3 Å². The highest BCUT2D eigenvalue weighted by molar-refractivity contribution is 5.95. The number of carbonyl (C=O) groups is 4. The van der Waals surface area contributed by atoms with Crippen molar-refractivity contribution in [3.05, 3.63) is 35.4 Å². The highest BCUT2D eigenvalue weighted by Gasteiger charge is 2.25. The fourth-order valence-electron chi connectivity index (χ4n) is 2.72. The van der Waals surface area contributed by atoms with Crippen LogP contribution in [0.5, 0.6) is 0 Å². The van der Waals surface area contributed by atoms with Gasteiger partial charge >= 0.3 is 5.97 Å². The molecule has 134 valence electrons. The lowest BCUT2D eigenvalue weighted by Gasteiger charge is -2.34. The average molecular weight is 346 g/mol. The predicted molar refractivity (Wildman–Crippen MR) is 90.2 cm³/mol. The normalized spacial score (nSPS) is 14.3. The molecule has 1 heterocycles. The number of amides is 2. The van der Waals surface area contributed by atoms with Crippen LogP contribution in [-0.4, -0.2) is 64.7 Å². The van der Waals surface area contributed by atoms with Crippen LogP contribution in [-0.2, 0) is 20.8 Å². The Morgan fingerprint density at radius 1 is 0.960 bits per heavy atom. The number of hydrogen-bond acceptors (Lipinski definition) is 4. The van der Waals surface area contributed by atoms with Crippen LogP contribution in [0.3, 0.4) is 0 Å². The molecule has 0 bridgehead atoms. The van der Waals surface area contributed by atoms with Gasteiger partial charge in [-0.15, -0.1) is 0 Å². The zero-order valence-corrected chi connectivity index (χ0v) is 14.2. The lowest BCUT2D eigenvalue weighted by molar-refractivity contribution is -0.144. The molecule has 0 spiro atoms. The van der Waals surface area contributed by atoms with Crippen molar-refractivity contribution in [2.45, 2.75) is 26.2 Å². The quantitative estimate of drug-likeness (QED) is 0.775. The minimum atomic E-state index is -1.15. The topological polar surface area (TPSA) is 95.0 Å². The van der Waals surface area contributed by atoms with Crippen LogP contribution < -0.4 is 0 Å². The van der Waals surface area contributed by atoms with Gasteiger partial charge in [-0.25, -0.2) is 0 Å². The number of Topliss-reactive ketones (excluding diaryl/α,β-unsaturated/α-hetero) is 1. The van der Waals surface area contributed by atoms with Gasteiger partial charge in [0.05, 0.1) is 0 Å². The van der Waals surface area contributed by atoms with Crippen molar-refractivity contribution < 1.29 is 24.3 Å². The molecule has 1 N–H and O–H groups in total.